The van der Waals surface area contributed by atoms with E-state index in [1.165, 1.54) is 36.4 Å². The first-order valence-electron chi connectivity index (χ1n) is 36.0. The average Bonchev–Trinajstić information content (AvgIpc) is 1.66. The largest absolute Gasteiger partial charge is 0.371 e. The third-order valence-electron chi connectivity index (χ3n) is 21.1. The molecular formula is C77H71F3N20O7. The average molecular weight is 1450 g/mol. The first kappa shape index (κ1) is 69.1. The summed E-state index contributed by atoms with van der Waals surface area (Å²) in [6.07, 6.45) is 13.1. The molecule has 4 atom stereocenters. The second kappa shape index (κ2) is 29.3. The minimum Gasteiger partial charge on any atom is -0.371 e. The van der Waals surface area contributed by atoms with Crippen LogP contribution in [0, 0.1) is 63.3 Å². The van der Waals surface area contributed by atoms with Gasteiger partial charge in [0.25, 0.3) is 17.7 Å². The number of piperidine rings is 2. The highest BCUT2D eigenvalue weighted by atomic mass is 19.1. The van der Waals surface area contributed by atoms with Crippen molar-refractivity contribution >= 4 is 47.0 Å². The van der Waals surface area contributed by atoms with Gasteiger partial charge in [-0.1, -0.05) is 18.2 Å². The van der Waals surface area contributed by atoms with Gasteiger partial charge in [-0.05, 0) is 106 Å². The number of halogens is 3. The molecule has 5 amide bonds. The number of rotatable bonds is 11. The van der Waals surface area contributed by atoms with Gasteiger partial charge in [0.05, 0.1) is 164 Å². The molecule has 0 saturated carbocycles. The topological polar surface area (TPSA) is 320 Å². The minimum absolute atomic E-state index is 0.0110. The number of hydrogen-bond acceptors (Lipinski definition) is 19. The van der Waals surface area contributed by atoms with E-state index in [9.17, 15) is 52.9 Å². The summed E-state index contributed by atoms with van der Waals surface area (Å²) in [6.45, 7) is 9.34. The summed E-state index contributed by atoms with van der Waals surface area (Å²) in [4.78, 5) is 87.7. The zero-order valence-electron chi connectivity index (χ0n) is 58.1. The Labute approximate surface area is 611 Å². The molecule has 542 valence electrons. The number of nitrogens with one attached hydrogen (secondary N) is 3. The van der Waals surface area contributed by atoms with E-state index in [0.29, 0.717) is 102 Å². The molecule has 0 radical (unpaired) electrons. The Bertz CT molecular complexity index is 4970. The molecule has 3 N–H and O–H groups in total. The number of carbonyl (C=O) groups is 5. The maximum absolute atomic E-state index is 14.8. The van der Waals surface area contributed by atoms with Crippen LogP contribution in [0.1, 0.15) is 116 Å². The Morgan fingerprint density at radius 3 is 1.10 bits per heavy atom. The lowest BCUT2D eigenvalue weighted by Crippen LogP contribution is -2.44. The van der Waals surface area contributed by atoms with E-state index in [2.05, 4.69) is 45.6 Å². The van der Waals surface area contributed by atoms with Gasteiger partial charge in [-0.2, -0.15) is 31.1 Å². The molecule has 0 bridgehead atoms. The molecule has 9 aliphatic rings. The van der Waals surface area contributed by atoms with Crippen molar-refractivity contribution in [2.24, 2.45) is 11.8 Å². The number of nitriles is 3. The summed E-state index contributed by atoms with van der Waals surface area (Å²) < 4.78 is 60.7. The van der Waals surface area contributed by atoms with Crippen molar-refractivity contribution in [2.45, 2.75) is 83.2 Å². The van der Waals surface area contributed by atoms with Gasteiger partial charge in [0.15, 0.2) is 17.5 Å². The predicted molar refractivity (Wildman–Crippen MR) is 381 cm³/mol. The van der Waals surface area contributed by atoms with Crippen molar-refractivity contribution in [3.63, 3.8) is 0 Å². The molecule has 3 aromatic carbocycles. The smallest absolute Gasteiger partial charge is 0.255 e. The van der Waals surface area contributed by atoms with Crippen molar-refractivity contribution in [3.8, 4) is 69.0 Å². The molecule has 18 rings (SSSR count). The molecule has 0 unspecified atom stereocenters. The maximum Gasteiger partial charge on any atom is 0.255 e. The number of amides is 5. The number of likely N-dealkylation sites (tertiary alicyclic amines) is 2. The molecule has 107 heavy (non-hydrogen) atoms. The fourth-order valence-electron chi connectivity index (χ4n) is 15.9. The van der Waals surface area contributed by atoms with Gasteiger partial charge in [0.1, 0.15) is 29.7 Å². The van der Waals surface area contributed by atoms with Gasteiger partial charge >= 0.3 is 0 Å². The zero-order chi connectivity index (χ0) is 73.6. The highest BCUT2D eigenvalue weighted by Crippen LogP contribution is 2.38. The summed E-state index contributed by atoms with van der Waals surface area (Å²) in [5.41, 5.74) is 5.65. The van der Waals surface area contributed by atoms with Crippen molar-refractivity contribution in [1.82, 2.24) is 70.0 Å². The van der Waals surface area contributed by atoms with Crippen molar-refractivity contribution in [2.75, 3.05) is 93.4 Å². The molecule has 9 aromatic rings. The van der Waals surface area contributed by atoms with Crippen LogP contribution in [0.3, 0.4) is 0 Å². The van der Waals surface area contributed by atoms with Crippen molar-refractivity contribution in [1.29, 1.82) is 15.8 Å². The molecular weight excluding hydrogens is 1370 g/mol. The number of carbonyl (C=O) groups excluding carboxylic acids is 5. The fraction of sp³-hybridized carbons (Fsp3) is 0.351. The monoisotopic (exact) mass is 1440 g/mol. The van der Waals surface area contributed by atoms with Crippen molar-refractivity contribution in [3.05, 3.63) is 178 Å². The standard InChI is InChI=1S/2C27H26FN7O2.C23H19FN6O3/c2*28-19-7-3-5-17(14-29)24(19)20-13-22(25-21(31-20)15-30-26(25)36)35-12-8-23(32-35)34-11-4-6-18(16-34)27(37)33-9-1-2-10-33;24-14-3-1-2-13(9-25)21(14)15-8-17(22-16(27-15)10-26-23(22)31)30-5-4-20(28-30)29-11-18-19(12-29)33-7-6-32-18/h2*3,5,7-8,12-13,18H,1-2,4,6,9-11,15-16H2,(H,30,36);1-5,8,18-19H,6-7,10-12H2,(H,26,31)/t2*18-;18-,19+/m10./s1. The normalized spacial score (nSPS) is 19.8. The molecule has 0 spiro atoms. The lowest BCUT2D eigenvalue weighted by molar-refractivity contribution is -0.135. The first-order valence-corrected chi connectivity index (χ1v) is 36.0. The predicted octanol–water partition coefficient (Wildman–Crippen LogP) is 7.85. The van der Waals surface area contributed by atoms with E-state index in [-0.39, 0.29) is 124 Å². The molecule has 6 saturated heterocycles. The highest BCUT2D eigenvalue weighted by Gasteiger charge is 2.40. The number of nitrogens with zero attached hydrogens (tertiary/aromatic N) is 17. The van der Waals surface area contributed by atoms with E-state index in [4.69, 9.17) is 24.8 Å². The van der Waals surface area contributed by atoms with Crippen LogP contribution in [0.15, 0.2) is 110 Å². The van der Waals surface area contributed by atoms with Gasteiger partial charge in [-0.25, -0.2) is 42.2 Å². The van der Waals surface area contributed by atoms with Crippen molar-refractivity contribution < 1.29 is 46.6 Å². The van der Waals surface area contributed by atoms with Gasteiger partial charge in [0, 0.05) is 102 Å². The lowest BCUT2D eigenvalue weighted by Gasteiger charge is -2.34. The quantitative estimate of drug-likeness (QED) is 0.111. The van der Waals surface area contributed by atoms with Gasteiger partial charge in [0.2, 0.25) is 11.8 Å². The van der Waals surface area contributed by atoms with Crippen LogP contribution in [0.25, 0.3) is 50.8 Å². The van der Waals surface area contributed by atoms with Gasteiger partial charge < -0.3 is 49.9 Å². The van der Waals surface area contributed by atoms with Gasteiger partial charge in [-0.3, -0.25) is 24.0 Å². The van der Waals surface area contributed by atoms with E-state index >= 15 is 0 Å². The van der Waals surface area contributed by atoms with Crippen LogP contribution in [0.2, 0.25) is 0 Å². The van der Waals surface area contributed by atoms with Crippen LogP contribution in [-0.4, -0.2) is 174 Å². The van der Waals surface area contributed by atoms with E-state index < -0.39 is 17.5 Å². The number of hydrogen-bond donors (Lipinski definition) is 3. The maximum atomic E-state index is 14.8. The summed E-state index contributed by atoms with van der Waals surface area (Å²) in [5, 5.41) is 51.1. The summed E-state index contributed by atoms with van der Waals surface area (Å²) in [5.74, 6) is 0.0392. The minimum atomic E-state index is -0.557. The third-order valence-corrected chi connectivity index (χ3v) is 21.1. The summed E-state index contributed by atoms with van der Waals surface area (Å²) in [6, 6.07) is 29.4. The fourth-order valence-corrected chi connectivity index (χ4v) is 15.9. The third kappa shape index (κ3) is 13.4. The molecule has 30 heteroatoms. The molecule has 0 aliphatic carbocycles. The number of ether oxygens (including phenoxy) is 2. The zero-order valence-corrected chi connectivity index (χ0v) is 58.1. The lowest BCUT2D eigenvalue weighted by atomic mass is 9.96. The summed E-state index contributed by atoms with van der Waals surface area (Å²) >= 11 is 0. The number of benzene rings is 3. The Kier molecular flexibility index (Phi) is 18.9. The molecule has 27 nitrogen and oxygen atoms in total. The number of pyridine rings is 3. The molecule has 6 aromatic heterocycles. The second-order valence-corrected chi connectivity index (χ2v) is 27.6. The Balaban J connectivity index is 0.000000123. The van der Waals surface area contributed by atoms with E-state index in [1.807, 2.05) is 46.2 Å². The number of fused-ring (bicyclic) bond motifs is 4. The number of anilines is 3. The Morgan fingerprint density at radius 1 is 0.430 bits per heavy atom. The molecule has 6 fully saturated rings. The Hall–Kier alpha value is -12.3. The van der Waals surface area contributed by atoms with Crippen LogP contribution in [0.5, 0.6) is 0 Å². The van der Waals surface area contributed by atoms with Crippen LogP contribution < -0.4 is 30.7 Å². The highest BCUT2D eigenvalue weighted by molar-refractivity contribution is 6.03. The Morgan fingerprint density at radius 2 is 0.766 bits per heavy atom. The van der Waals surface area contributed by atoms with E-state index in [0.717, 1.165) is 96.5 Å². The van der Waals surface area contributed by atoms with E-state index in [1.54, 1.807) is 69.0 Å². The van der Waals surface area contributed by atoms with Crippen LogP contribution in [-0.2, 0) is 38.7 Å². The summed E-state index contributed by atoms with van der Waals surface area (Å²) in [7, 11) is 0. The van der Waals surface area contributed by atoms with Crippen LogP contribution >= 0.6 is 0 Å². The SMILES string of the molecule is N#Cc1cccc(F)c1-c1cc(-n2ccc(N3CCC[C@@H](C(=O)N4CCCC4)C3)n2)c2c(n1)CNC2=O.N#Cc1cccc(F)c1-c1cc(-n2ccc(N3CCC[C@H](C(=O)N4CCCC4)C3)n2)c2c(n1)CNC2=O.N#Cc1cccc(F)c1-c1cc(-n2ccc(N3C[C@@H]4OCCO[C@@H]4C3)n2)c2c(n1)CNC2=O. The van der Waals surface area contributed by atoms with Crippen LogP contribution in [0.4, 0.5) is 30.6 Å². The molecule has 9 aliphatic heterocycles. The number of aromatic nitrogens is 9. The molecule has 15 heterocycles. The second-order valence-electron chi connectivity index (χ2n) is 27.6. The first-order chi connectivity index (χ1) is 52.2. The van der Waals surface area contributed by atoms with Gasteiger partial charge in [-0.15, -0.1) is 0 Å².